The number of halogens is 3. The van der Waals surface area contributed by atoms with Crippen LogP contribution in [0.5, 0.6) is 0 Å². The summed E-state index contributed by atoms with van der Waals surface area (Å²) in [5.74, 6) is 0. The molecule has 3 rings (SSSR count). The minimum absolute atomic E-state index is 0.541. The van der Waals surface area contributed by atoms with E-state index in [-0.39, 0.29) is 0 Å². The predicted octanol–water partition coefficient (Wildman–Crippen LogP) is 5.54. The van der Waals surface area contributed by atoms with Gasteiger partial charge >= 0.3 is 6.18 Å². The van der Waals surface area contributed by atoms with Crippen LogP contribution in [0.2, 0.25) is 0 Å². The van der Waals surface area contributed by atoms with Crippen molar-refractivity contribution in [2.75, 3.05) is 19.0 Å². The molecular weight excluding hydrogens is 325 g/mol. The minimum atomic E-state index is -4.35. The van der Waals surface area contributed by atoms with Crippen molar-refractivity contribution in [3.8, 4) is 16.9 Å². The first kappa shape index (κ1) is 17.1. The highest BCUT2D eigenvalue weighted by atomic mass is 19.4. The molecule has 0 atom stereocenters. The number of rotatable bonds is 3. The number of alkyl halides is 3. The number of benzene rings is 2. The number of nitrogens with zero attached hydrogens (tertiary/aromatic N) is 2. The average Bonchev–Trinajstić information content (AvgIpc) is 2.96. The van der Waals surface area contributed by atoms with E-state index in [0.29, 0.717) is 5.56 Å². The van der Waals surface area contributed by atoms with Crippen molar-refractivity contribution in [2.24, 2.45) is 0 Å². The summed E-state index contributed by atoms with van der Waals surface area (Å²) in [7, 11) is 3.92. The second kappa shape index (κ2) is 6.31. The SMILES string of the molecule is Cc1ccc(-c2cccc(C(F)(F)F)c2)n1-c1ccc(N(C)C)cc1. The molecule has 0 aliphatic heterocycles. The van der Waals surface area contributed by atoms with Crippen molar-refractivity contribution in [3.63, 3.8) is 0 Å². The van der Waals surface area contributed by atoms with Gasteiger partial charge in [0.1, 0.15) is 0 Å². The van der Waals surface area contributed by atoms with Crippen molar-refractivity contribution in [2.45, 2.75) is 13.1 Å². The molecule has 1 aromatic heterocycles. The molecule has 0 aliphatic carbocycles. The van der Waals surface area contributed by atoms with E-state index < -0.39 is 11.7 Å². The molecule has 0 aliphatic rings. The van der Waals surface area contributed by atoms with Gasteiger partial charge in [0.05, 0.1) is 11.3 Å². The molecule has 0 spiro atoms. The number of hydrogen-bond acceptors (Lipinski definition) is 1. The number of aryl methyl sites for hydroxylation is 1. The van der Waals surface area contributed by atoms with Crippen LogP contribution in [-0.2, 0) is 6.18 Å². The van der Waals surface area contributed by atoms with Crippen LogP contribution in [-0.4, -0.2) is 18.7 Å². The van der Waals surface area contributed by atoms with Crippen LogP contribution in [0, 0.1) is 6.92 Å². The normalized spacial score (nSPS) is 11.6. The van der Waals surface area contributed by atoms with E-state index in [4.69, 9.17) is 0 Å². The quantitative estimate of drug-likeness (QED) is 0.606. The lowest BCUT2D eigenvalue weighted by atomic mass is 10.1. The summed E-state index contributed by atoms with van der Waals surface area (Å²) in [6, 6.07) is 17.1. The zero-order valence-electron chi connectivity index (χ0n) is 14.3. The lowest BCUT2D eigenvalue weighted by Crippen LogP contribution is -2.08. The van der Waals surface area contributed by atoms with Crippen molar-refractivity contribution in [3.05, 3.63) is 71.9 Å². The third-order valence-corrected chi connectivity index (χ3v) is 4.19. The van der Waals surface area contributed by atoms with Gasteiger partial charge in [-0.2, -0.15) is 13.2 Å². The third-order valence-electron chi connectivity index (χ3n) is 4.19. The Balaban J connectivity index is 2.09. The maximum absolute atomic E-state index is 13.0. The summed E-state index contributed by atoms with van der Waals surface area (Å²) in [4.78, 5) is 2.00. The Bertz CT molecular complexity index is 875. The van der Waals surface area contributed by atoms with Crippen molar-refractivity contribution < 1.29 is 13.2 Å². The van der Waals surface area contributed by atoms with Crippen molar-refractivity contribution in [1.29, 1.82) is 0 Å². The van der Waals surface area contributed by atoms with E-state index in [2.05, 4.69) is 0 Å². The molecule has 25 heavy (non-hydrogen) atoms. The van der Waals surface area contributed by atoms with Crippen LogP contribution in [0.3, 0.4) is 0 Å². The molecule has 0 saturated carbocycles. The topological polar surface area (TPSA) is 8.17 Å². The van der Waals surface area contributed by atoms with Gasteiger partial charge in [0.2, 0.25) is 0 Å². The van der Waals surface area contributed by atoms with Crippen LogP contribution in [0.25, 0.3) is 16.9 Å². The van der Waals surface area contributed by atoms with Gasteiger partial charge < -0.3 is 9.47 Å². The minimum Gasteiger partial charge on any atom is -0.378 e. The molecule has 0 N–H and O–H groups in total. The first-order chi connectivity index (χ1) is 11.8. The summed E-state index contributed by atoms with van der Waals surface area (Å²) in [5, 5.41) is 0. The lowest BCUT2D eigenvalue weighted by Gasteiger charge is -2.16. The van der Waals surface area contributed by atoms with E-state index in [9.17, 15) is 13.2 Å². The standard InChI is InChI=1S/C20H19F3N2/c1-14-7-12-19(15-5-4-6-16(13-15)20(21,22)23)25(14)18-10-8-17(9-11-18)24(2)3/h4-13H,1-3H3. The molecule has 1 heterocycles. The van der Waals surface area contributed by atoms with Gasteiger partial charge in [0, 0.05) is 31.2 Å². The number of anilines is 1. The monoisotopic (exact) mass is 344 g/mol. The van der Waals surface area contributed by atoms with Crippen LogP contribution in [0.1, 0.15) is 11.3 Å². The predicted molar refractivity (Wildman–Crippen MR) is 95.3 cm³/mol. The summed E-state index contributed by atoms with van der Waals surface area (Å²) in [5.41, 5.74) is 3.58. The Morgan fingerprint density at radius 1 is 0.880 bits per heavy atom. The molecule has 0 amide bonds. The molecule has 0 unspecified atom stereocenters. The van der Waals surface area contributed by atoms with Crippen LogP contribution in [0.4, 0.5) is 18.9 Å². The highest BCUT2D eigenvalue weighted by Gasteiger charge is 2.30. The zero-order chi connectivity index (χ0) is 18.2. The second-order valence-electron chi connectivity index (χ2n) is 6.18. The maximum Gasteiger partial charge on any atom is 0.416 e. The maximum atomic E-state index is 13.0. The van der Waals surface area contributed by atoms with Crippen LogP contribution in [0.15, 0.2) is 60.7 Å². The highest BCUT2D eigenvalue weighted by molar-refractivity contribution is 5.65. The third kappa shape index (κ3) is 3.40. The van der Waals surface area contributed by atoms with Gasteiger partial charge in [-0.1, -0.05) is 12.1 Å². The van der Waals surface area contributed by atoms with Crippen molar-refractivity contribution in [1.82, 2.24) is 4.57 Å². The van der Waals surface area contributed by atoms with Gasteiger partial charge in [-0.25, -0.2) is 0 Å². The molecule has 5 heteroatoms. The smallest absolute Gasteiger partial charge is 0.378 e. The molecule has 0 radical (unpaired) electrons. The lowest BCUT2D eigenvalue weighted by molar-refractivity contribution is -0.137. The first-order valence-electron chi connectivity index (χ1n) is 7.91. The van der Waals surface area contributed by atoms with E-state index >= 15 is 0 Å². The molecule has 0 fully saturated rings. The summed E-state index contributed by atoms with van der Waals surface area (Å²) in [6.45, 7) is 1.94. The van der Waals surface area contributed by atoms with Gasteiger partial charge in [-0.05, 0) is 61.0 Å². The van der Waals surface area contributed by atoms with Crippen LogP contribution < -0.4 is 4.90 Å². The van der Waals surface area contributed by atoms with Gasteiger partial charge in [-0.15, -0.1) is 0 Å². The number of aromatic nitrogens is 1. The highest BCUT2D eigenvalue weighted by Crippen LogP contribution is 2.33. The van der Waals surface area contributed by atoms with Gasteiger partial charge in [0.25, 0.3) is 0 Å². The Labute approximate surface area is 145 Å². The summed E-state index contributed by atoms with van der Waals surface area (Å²) >= 11 is 0. The fourth-order valence-electron chi connectivity index (χ4n) is 2.86. The zero-order valence-corrected chi connectivity index (χ0v) is 14.3. The second-order valence-corrected chi connectivity index (χ2v) is 6.18. The van der Waals surface area contributed by atoms with E-state index in [0.717, 1.165) is 28.8 Å². The van der Waals surface area contributed by atoms with Crippen LogP contribution >= 0.6 is 0 Å². The molecular formula is C20H19F3N2. The largest absolute Gasteiger partial charge is 0.416 e. The molecule has 0 saturated heterocycles. The van der Waals surface area contributed by atoms with E-state index in [1.807, 2.05) is 66.9 Å². The fraction of sp³-hybridized carbons (Fsp3) is 0.200. The first-order valence-corrected chi connectivity index (χ1v) is 7.91. The molecule has 0 bridgehead atoms. The van der Waals surface area contributed by atoms with Crippen molar-refractivity contribution >= 4 is 5.69 Å². The fourth-order valence-corrected chi connectivity index (χ4v) is 2.86. The Kier molecular flexibility index (Phi) is 4.33. The molecule has 130 valence electrons. The Morgan fingerprint density at radius 2 is 1.56 bits per heavy atom. The Morgan fingerprint density at radius 3 is 2.16 bits per heavy atom. The summed E-state index contributed by atoms with van der Waals surface area (Å²) in [6.07, 6.45) is -4.35. The van der Waals surface area contributed by atoms with E-state index in [1.165, 1.54) is 12.1 Å². The molecule has 3 aromatic rings. The number of hydrogen-bond donors (Lipinski definition) is 0. The Hall–Kier alpha value is -2.69. The molecule has 2 aromatic carbocycles. The van der Waals surface area contributed by atoms with Gasteiger partial charge in [-0.3, -0.25) is 0 Å². The average molecular weight is 344 g/mol. The summed E-state index contributed by atoms with van der Waals surface area (Å²) < 4.78 is 41.0. The van der Waals surface area contributed by atoms with E-state index in [1.54, 1.807) is 6.07 Å². The molecule has 2 nitrogen and oxygen atoms in total. The van der Waals surface area contributed by atoms with Gasteiger partial charge in [0.15, 0.2) is 0 Å².